The van der Waals surface area contributed by atoms with Gasteiger partial charge < -0.3 is 0 Å². The fourth-order valence-electron chi connectivity index (χ4n) is 1.45. The summed E-state index contributed by atoms with van der Waals surface area (Å²) >= 11 is 4.97. The highest BCUT2D eigenvalue weighted by Gasteiger charge is 2.10. The van der Waals surface area contributed by atoms with Crippen LogP contribution in [0, 0.1) is 0 Å². The highest BCUT2D eigenvalue weighted by molar-refractivity contribution is 9.10. The van der Waals surface area contributed by atoms with Crippen molar-refractivity contribution in [3.8, 4) is 0 Å². The van der Waals surface area contributed by atoms with E-state index in [1.54, 1.807) is 11.3 Å². The lowest BCUT2D eigenvalue weighted by Gasteiger charge is -2.26. The molecular weight excluding hydrogens is 250 g/mol. The molecule has 0 unspecified atom stereocenters. The minimum atomic E-state index is 0.914. The number of rotatable bonds is 2. The average molecular weight is 262 g/mol. The van der Waals surface area contributed by atoms with Gasteiger partial charge in [-0.2, -0.15) is 0 Å². The van der Waals surface area contributed by atoms with Gasteiger partial charge in [0.05, 0.1) is 0 Å². The second-order valence-corrected chi connectivity index (χ2v) is 4.81. The molecule has 1 aliphatic heterocycles. The summed E-state index contributed by atoms with van der Waals surface area (Å²) in [7, 11) is 0. The predicted octanol–water partition coefficient (Wildman–Crippen LogP) is 2.72. The van der Waals surface area contributed by atoms with Crippen LogP contribution in [0.15, 0.2) is 9.98 Å². The van der Waals surface area contributed by atoms with Crippen molar-refractivity contribution in [1.29, 1.82) is 0 Å². The van der Waals surface area contributed by atoms with E-state index in [2.05, 4.69) is 31.3 Å². The number of hydrazine groups is 1. The molecule has 1 fully saturated rings. The third-order valence-electron chi connectivity index (χ3n) is 2.09. The van der Waals surface area contributed by atoms with Crippen molar-refractivity contribution in [2.45, 2.75) is 19.3 Å². The normalized spacial score (nSPS) is 18.8. The Morgan fingerprint density at radius 2 is 2.15 bits per heavy atom. The van der Waals surface area contributed by atoms with Crippen molar-refractivity contribution in [2.75, 3.05) is 18.5 Å². The Hall–Kier alpha value is -0.130. The zero-order chi connectivity index (χ0) is 9.10. The van der Waals surface area contributed by atoms with Crippen molar-refractivity contribution in [1.82, 2.24) is 9.99 Å². The number of nitrogens with zero attached hydrogens (tertiary/aromatic N) is 2. The molecule has 0 amide bonds. The Balaban J connectivity index is 1.89. The van der Waals surface area contributed by atoms with Crippen LogP contribution in [0.5, 0.6) is 0 Å². The number of hydrogen-bond acceptors (Lipinski definition) is 4. The lowest BCUT2D eigenvalue weighted by Crippen LogP contribution is -2.34. The molecule has 3 nitrogen and oxygen atoms in total. The van der Waals surface area contributed by atoms with E-state index in [0.717, 1.165) is 22.8 Å². The van der Waals surface area contributed by atoms with Gasteiger partial charge in [0.15, 0.2) is 5.13 Å². The first-order valence-corrected chi connectivity index (χ1v) is 6.14. The maximum atomic E-state index is 4.29. The molecule has 0 aliphatic carbocycles. The van der Waals surface area contributed by atoms with Gasteiger partial charge >= 0.3 is 0 Å². The Morgan fingerprint density at radius 1 is 1.38 bits per heavy atom. The number of piperidine rings is 1. The molecule has 13 heavy (non-hydrogen) atoms. The number of aromatic nitrogens is 1. The maximum absolute atomic E-state index is 4.29. The van der Waals surface area contributed by atoms with Gasteiger partial charge in [-0.3, -0.25) is 5.43 Å². The second-order valence-electron chi connectivity index (χ2n) is 3.13. The molecular formula is C8H12BrN3S. The van der Waals surface area contributed by atoms with Gasteiger partial charge in [-0.05, 0) is 28.8 Å². The minimum absolute atomic E-state index is 0.914. The van der Waals surface area contributed by atoms with Gasteiger partial charge in [0.1, 0.15) is 4.60 Å². The minimum Gasteiger partial charge on any atom is -0.294 e. The summed E-state index contributed by atoms with van der Waals surface area (Å²) in [5.41, 5.74) is 3.31. The smallest absolute Gasteiger partial charge is 0.198 e. The average Bonchev–Trinajstić information content (AvgIpc) is 2.53. The van der Waals surface area contributed by atoms with Crippen LogP contribution in [0.2, 0.25) is 0 Å². The van der Waals surface area contributed by atoms with Crippen molar-refractivity contribution >= 4 is 32.4 Å². The third kappa shape index (κ3) is 2.65. The van der Waals surface area contributed by atoms with E-state index in [1.807, 2.05) is 5.38 Å². The van der Waals surface area contributed by atoms with E-state index in [0.29, 0.717) is 0 Å². The van der Waals surface area contributed by atoms with Crippen LogP contribution in [0.3, 0.4) is 0 Å². The van der Waals surface area contributed by atoms with E-state index in [9.17, 15) is 0 Å². The molecule has 2 rings (SSSR count). The predicted molar refractivity (Wildman–Crippen MR) is 58.9 cm³/mol. The van der Waals surface area contributed by atoms with Gasteiger partial charge in [-0.1, -0.05) is 6.42 Å². The molecule has 0 spiro atoms. The zero-order valence-corrected chi connectivity index (χ0v) is 9.70. The number of anilines is 1. The largest absolute Gasteiger partial charge is 0.294 e. The fourth-order valence-corrected chi connectivity index (χ4v) is 2.62. The van der Waals surface area contributed by atoms with Crippen molar-refractivity contribution in [3.05, 3.63) is 9.98 Å². The van der Waals surface area contributed by atoms with Crippen LogP contribution in [-0.4, -0.2) is 23.1 Å². The summed E-state index contributed by atoms with van der Waals surface area (Å²) in [6, 6.07) is 0. The maximum Gasteiger partial charge on any atom is 0.198 e. The third-order valence-corrected chi connectivity index (χ3v) is 3.54. The molecule has 0 atom stereocenters. The van der Waals surface area contributed by atoms with Gasteiger partial charge in [-0.15, -0.1) is 11.3 Å². The highest BCUT2D eigenvalue weighted by atomic mass is 79.9. The lowest BCUT2D eigenvalue weighted by molar-refractivity contribution is 0.273. The molecule has 1 N–H and O–H groups in total. The summed E-state index contributed by atoms with van der Waals surface area (Å²) in [6.07, 6.45) is 3.94. The second kappa shape index (κ2) is 4.39. The van der Waals surface area contributed by atoms with Crippen molar-refractivity contribution < 1.29 is 0 Å². The Bertz CT molecular complexity index is 270. The SMILES string of the molecule is Brc1csc(NN2CCCCC2)n1. The number of nitrogens with one attached hydrogen (secondary N) is 1. The molecule has 0 radical (unpaired) electrons. The van der Waals surface area contributed by atoms with Crippen LogP contribution in [0.25, 0.3) is 0 Å². The molecule has 1 saturated heterocycles. The van der Waals surface area contributed by atoms with E-state index in [1.165, 1.54) is 19.3 Å². The van der Waals surface area contributed by atoms with Gasteiger partial charge in [0, 0.05) is 18.5 Å². The number of halogens is 1. The van der Waals surface area contributed by atoms with Crippen LogP contribution < -0.4 is 5.43 Å². The van der Waals surface area contributed by atoms with E-state index in [4.69, 9.17) is 0 Å². The monoisotopic (exact) mass is 261 g/mol. The summed E-state index contributed by atoms with van der Waals surface area (Å²) < 4.78 is 0.914. The molecule has 0 aromatic carbocycles. The molecule has 1 aromatic rings. The molecule has 0 saturated carbocycles. The Labute approximate surface area is 90.3 Å². The summed E-state index contributed by atoms with van der Waals surface area (Å²) in [5.74, 6) is 0. The molecule has 72 valence electrons. The molecule has 1 aromatic heterocycles. The Kier molecular flexibility index (Phi) is 3.18. The van der Waals surface area contributed by atoms with Crippen LogP contribution in [0.4, 0.5) is 5.13 Å². The van der Waals surface area contributed by atoms with Crippen LogP contribution in [-0.2, 0) is 0 Å². The number of thiazole rings is 1. The van der Waals surface area contributed by atoms with Gasteiger partial charge in [0.25, 0.3) is 0 Å². The van der Waals surface area contributed by atoms with Crippen LogP contribution in [0.1, 0.15) is 19.3 Å². The topological polar surface area (TPSA) is 28.2 Å². The first-order chi connectivity index (χ1) is 6.34. The van der Waals surface area contributed by atoms with Crippen LogP contribution >= 0.6 is 27.3 Å². The highest BCUT2D eigenvalue weighted by Crippen LogP contribution is 2.20. The van der Waals surface area contributed by atoms with Gasteiger partial charge in [0.2, 0.25) is 0 Å². The zero-order valence-electron chi connectivity index (χ0n) is 7.29. The van der Waals surface area contributed by atoms with E-state index >= 15 is 0 Å². The van der Waals surface area contributed by atoms with Crippen molar-refractivity contribution in [2.24, 2.45) is 0 Å². The first kappa shape index (κ1) is 9.43. The molecule has 1 aliphatic rings. The standard InChI is InChI=1S/C8H12BrN3S/c9-7-6-13-8(10-7)11-12-4-2-1-3-5-12/h6H,1-5H2,(H,10,11). The molecule has 5 heteroatoms. The first-order valence-electron chi connectivity index (χ1n) is 4.47. The Morgan fingerprint density at radius 3 is 2.77 bits per heavy atom. The summed E-state index contributed by atoms with van der Waals surface area (Å²) in [4.78, 5) is 4.29. The fraction of sp³-hybridized carbons (Fsp3) is 0.625. The van der Waals surface area contributed by atoms with Crippen molar-refractivity contribution in [3.63, 3.8) is 0 Å². The molecule has 2 heterocycles. The van der Waals surface area contributed by atoms with Gasteiger partial charge in [-0.25, -0.2) is 9.99 Å². The van der Waals surface area contributed by atoms with E-state index < -0.39 is 0 Å². The lowest BCUT2D eigenvalue weighted by atomic mass is 10.2. The quantitative estimate of drug-likeness (QED) is 0.888. The summed E-state index contributed by atoms with van der Waals surface area (Å²) in [5, 5.41) is 5.22. The summed E-state index contributed by atoms with van der Waals surface area (Å²) in [6.45, 7) is 2.27. The molecule has 0 bridgehead atoms. The van der Waals surface area contributed by atoms with E-state index in [-0.39, 0.29) is 0 Å². The number of hydrogen-bond donors (Lipinski definition) is 1.